The third-order valence-electron chi connectivity index (χ3n) is 4.07. The summed E-state index contributed by atoms with van der Waals surface area (Å²) in [4.78, 5) is 10.5. The van der Waals surface area contributed by atoms with Crippen LogP contribution in [0.1, 0.15) is 111 Å². The van der Waals surface area contributed by atoms with Gasteiger partial charge in [-0.3, -0.25) is 0 Å². The zero-order valence-corrected chi connectivity index (χ0v) is 16.0. The molecule has 0 spiro atoms. The van der Waals surface area contributed by atoms with Gasteiger partial charge in [-0.05, 0) is 20.8 Å². The lowest BCUT2D eigenvalue weighted by atomic mass is 10.0. The van der Waals surface area contributed by atoms with Crippen LogP contribution in [0.5, 0.6) is 0 Å². The molecule has 136 valence electrons. The summed E-state index contributed by atoms with van der Waals surface area (Å²) in [5, 5.41) is 0. The van der Waals surface area contributed by atoms with E-state index in [4.69, 9.17) is 4.74 Å². The van der Waals surface area contributed by atoms with Crippen LogP contribution in [0.4, 0.5) is 0 Å². The van der Waals surface area contributed by atoms with E-state index >= 15 is 0 Å². The third kappa shape index (κ3) is 19.2. The first kappa shape index (κ1) is 22.2. The number of hydrogen-bond donors (Lipinski definition) is 0. The lowest BCUT2D eigenvalue weighted by molar-refractivity contribution is -0.148. The van der Waals surface area contributed by atoms with Crippen molar-refractivity contribution in [2.45, 2.75) is 116 Å². The highest BCUT2D eigenvalue weighted by atomic mass is 16.6. The van der Waals surface area contributed by atoms with E-state index in [2.05, 4.69) is 6.58 Å². The number of ether oxygens (including phenoxy) is 1. The number of rotatable bonds is 1. The standard InChI is InChI=1S/C14H28.C7H12O2/c1-2-4-6-8-10-12-14-13-11-9-7-5-3-1;1-5-6(8)9-7(2,3)4/h1-14H2;5H,1H2,2-4H3. The van der Waals surface area contributed by atoms with Gasteiger partial charge in [-0.25, -0.2) is 4.79 Å². The Labute approximate surface area is 145 Å². The van der Waals surface area contributed by atoms with Gasteiger partial charge in [0, 0.05) is 6.08 Å². The second-order valence-corrected chi connectivity index (χ2v) is 7.69. The van der Waals surface area contributed by atoms with Crippen molar-refractivity contribution in [1.29, 1.82) is 0 Å². The monoisotopic (exact) mass is 324 g/mol. The van der Waals surface area contributed by atoms with E-state index in [1.165, 1.54) is 89.9 Å². The van der Waals surface area contributed by atoms with Crippen molar-refractivity contribution >= 4 is 5.97 Å². The van der Waals surface area contributed by atoms with Crippen LogP contribution in [0.2, 0.25) is 0 Å². The Balaban J connectivity index is 0.000000468. The van der Waals surface area contributed by atoms with Crippen LogP contribution in [-0.2, 0) is 9.53 Å². The molecule has 1 fully saturated rings. The van der Waals surface area contributed by atoms with Gasteiger partial charge in [0.15, 0.2) is 0 Å². The molecule has 0 unspecified atom stereocenters. The van der Waals surface area contributed by atoms with E-state index in [0.29, 0.717) is 0 Å². The molecule has 0 aromatic heterocycles. The first-order chi connectivity index (χ1) is 11.0. The summed E-state index contributed by atoms with van der Waals surface area (Å²) in [5.74, 6) is -0.373. The smallest absolute Gasteiger partial charge is 0.330 e. The van der Waals surface area contributed by atoms with Crippen LogP contribution in [0.25, 0.3) is 0 Å². The molecule has 2 heteroatoms. The highest BCUT2D eigenvalue weighted by Gasteiger charge is 2.12. The Morgan fingerprint density at radius 1 is 0.696 bits per heavy atom. The van der Waals surface area contributed by atoms with Crippen LogP contribution in [-0.4, -0.2) is 11.6 Å². The van der Waals surface area contributed by atoms with E-state index in [1.54, 1.807) is 0 Å². The van der Waals surface area contributed by atoms with E-state index in [9.17, 15) is 4.79 Å². The fourth-order valence-electron chi connectivity index (χ4n) is 2.82. The summed E-state index contributed by atoms with van der Waals surface area (Å²) < 4.78 is 4.83. The highest BCUT2D eigenvalue weighted by molar-refractivity contribution is 5.81. The van der Waals surface area contributed by atoms with Crippen molar-refractivity contribution < 1.29 is 9.53 Å². The van der Waals surface area contributed by atoms with Gasteiger partial charge in [0.25, 0.3) is 0 Å². The molecule has 0 aliphatic heterocycles. The summed E-state index contributed by atoms with van der Waals surface area (Å²) in [5.41, 5.74) is -0.398. The second kappa shape index (κ2) is 14.8. The molecule has 1 saturated carbocycles. The van der Waals surface area contributed by atoms with Gasteiger partial charge in [0.05, 0.1) is 0 Å². The maximum Gasteiger partial charge on any atom is 0.330 e. The molecule has 0 atom stereocenters. The van der Waals surface area contributed by atoms with Crippen LogP contribution in [0.3, 0.4) is 0 Å². The predicted molar refractivity (Wildman–Crippen MR) is 101 cm³/mol. The molecule has 1 aliphatic carbocycles. The van der Waals surface area contributed by atoms with Crippen molar-refractivity contribution in [2.75, 3.05) is 0 Å². The molecule has 0 aromatic carbocycles. The van der Waals surface area contributed by atoms with Crippen LogP contribution in [0, 0.1) is 0 Å². The second-order valence-electron chi connectivity index (χ2n) is 7.69. The zero-order valence-electron chi connectivity index (χ0n) is 16.0. The molecule has 23 heavy (non-hydrogen) atoms. The van der Waals surface area contributed by atoms with Gasteiger partial charge in [-0.15, -0.1) is 0 Å². The average Bonchev–Trinajstić information content (AvgIpc) is 2.48. The topological polar surface area (TPSA) is 26.3 Å². The van der Waals surface area contributed by atoms with Gasteiger partial charge in [0.2, 0.25) is 0 Å². The van der Waals surface area contributed by atoms with E-state index in [-0.39, 0.29) is 5.97 Å². The SMILES string of the molecule is C1CCCCCCCCCCCCC1.C=CC(=O)OC(C)(C)C. The Morgan fingerprint density at radius 2 is 0.913 bits per heavy atom. The molecule has 1 aliphatic rings. The Morgan fingerprint density at radius 3 is 1.00 bits per heavy atom. The molecule has 0 aromatic rings. The predicted octanol–water partition coefficient (Wildman–Crippen LogP) is 6.98. The molecule has 0 N–H and O–H groups in total. The third-order valence-corrected chi connectivity index (χ3v) is 4.07. The Bertz CT molecular complexity index is 235. The molecular formula is C21H40O2. The van der Waals surface area contributed by atoms with Crippen LogP contribution < -0.4 is 0 Å². The summed E-state index contributed by atoms with van der Waals surface area (Å²) in [6.07, 6.45) is 22.2. The lowest BCUT2D eigenvalue weighted by Crippen LogP contribution is -2.22. The highest BCUT2D eigenvalue weighted by Crippen LogP contribution is 2.16. The summed E-state index contributed by atoms with van der Waals surface area (Å²) in [6.45, 7) is 8.71. The summed E-state index contributed by atoms with van der Waals surface area (Å²) in [7, 11) is 0. The first-order valence-corrected chi connectivity index (χ1v) is 9.81. The molecule has 2 nitrogen and oxygen atoms in total. The van der Waals surface area contributed by atoms with E-state index in [0.717, 1.165) is 6.08 Å². The van der Waals surface area contributed by atoms with Crippen molar-refractivity contribution in [1.82, 2.24) is 0 Å². The number of carbonyl (C=O) groups is 1. The fourth-order valence-corrected chi connectivity index (χ4v) is 2.82. The summed E-state index contributed by atoms with van der Waals surface area (Å²) in [6, 6.07) is 0. The number of hydrogen-bond acceptors (Lipinski definition) is 2. The maximum absolute atomic E-state index is 10.5. The minimum Gasteiger partial charge on any atom is -0.457 e. The average molecular weight is 325 g/mol. The van der Waals surface area contributed by atoms with Gasteiger partial charge >= 0.3 is 5.97 Å². The maximum atomic E-state index is 10.5. The largest absolute Gasteiger partial charge is 0.457 e. The molecule has 1 rings (SSSR count). The van der Waals surface area contributed by atoms with Gasteiger partial charge in [-0.1, -0.05) is 96.5 Å². The molecule has 0 radical (unpaired) electrons. The van der Waals surface area contributed by atoms with Crippen molar-refractivity contribution in [2.24, 2.45) is 0 Å². The summed E-state index contributed by atoms with van der Waals surface area (Å²) >= 11 is 0. The minimum atomic E-state index is -0.398. The van der Waals surface area contributed by atoms with Crippen molar-refractivity contribution in [3.63, 3.8) is 0 Å². The molecule has 0 amide bonds. The van der Waals surface area contributed by atoms with Gasteiger partial charge in [-0.2, -0.15) is 0 Å². The van der Waals surface area contributed by atoms with E-state index < -0.39 is 5.60 Å². The zero-order chi connectivity index (χ0) is 17.4. The first-order valence-electron chi connectivity index (χ1n) is 9.81. The number of esters is 1. The molecular weight excluding hydrogens is 284 g/mol. The molecule has 0 heterocycles. The Kier molecular flexibility index (Phi) is 14.3. The van der Waals surface area contributed by atoms with Crippen LogP contribution in [0.15, 0.2) is 12.7 Å². The van der Waals surface area contributed by atoms with Crippen molar-refractivity contribution in [3.05, 3.63) is 12.7 Å². The normalized spacial score (nSPS) is 18.7. The van der Waals surface area contributed by atoms with Gasteiger partial charge in [0.1, 0.15) is 5.60 Å². The quantitative estimate of drug-likeness (QED) is 0.384. The van der Waals surface area contributed by atoms with Crippen LogP contribution >= 0.6 is 0 Å². The van der Waals surface area contributed by atoms with Crippen molar-refractivity contribution in [3.8, 4) is 0 Å². The molecule has 0 saturated heterocycles. The fraction of sp³-hybridized carbons (Fsp3) is 0.857. The lowest BCUT2D eigenvalue weighted by Gasteiger charge is -2.17. The van der Waals surface area contributed by atoms with Gasteiger partial charge < -0.3 is 4.74 Å². The molecule has 0 bridgehead atoms. The number of carbonyl (C=O) groups excluding carboxylic acids is 1. The minimum absolute atomic E-state index is 0.373. The Hall–Kier alpha value is -0.790. The van der Waals surface area contributed by atoms with E-state index in [1.807, 2.05) is 20.8 Å².